The highest BCUT2D eigenvalue weighted by atomic mass is 16.3. The summed E-state index contributed by atoms with van der Waals surface area (Å²) in [5.41, 5.74) is 0.503. The second-order valence-corrected chi connectivity index (χ2v) is 6.76. The van der Waals surface area contributed by atoms with E-state index < -0.39 is 5.60 Å². The van der Waals surface area contributed by atoms with Gasteiger partial charge in [0.2, 0.25) is 5.91 Å². The van der Waals surface area contributed by atoms with Gasteiger partial charge in [0, 0.05) is 19.1 Å². The molecule has 1 atom stereocenters. The van der Waals surface area contributed by atoms with E-state index in [-0.39, 0.29) is 18.4 Å². The minimum Gasteiger partial charge on any atom is -0.389 e. The van der Waals surface area contributed by atoms with Crippen molar-refractivity contribution in [2.75, 3.05) is 13.6 Å². The molecule has 0 heterocycles. The first kappa shape index (κ1) is 17.0. The number of hydrogen-bond acceptors (Lipinski definition) is 3. The Morgan fingerprint density at radius 2 is 1.95 bits per heavy atom. The molecule has 4 nitrogen and oxygen atoms in total. The molecule has 2 rings (SSSR count). The highest BCUT2D eigenvalue weighted by Crippen LogP contribution is 2.32. The summed E-state index contributed by atoms with van der Waals surface area (Å²) in [6, 6.07) is 10.4. The van der Waals surface area contributed by atoms with Crippen molar-refractivity contribution in [1.29, 1.82) is 0 Å². The van der Waals surface area contributed by atoms with Crippen molar-refractivity contribution >= 4 is 5.91 Å². The molecule has 1 aliphatic rings. The van der Waals surface area contributed by atoms with Gasteiger partial charge in [0.1, 0.15) is 0 Å². The monoisotopic (exact) mass is 304 g/mol. The Bertz CT molecular complexity index is 469. The van der Waals surface area contributed by atoms with E-state index in [4.69, 9.17) is 0 Å². The van der Waals surface area contributed by atoms with Gasteiger partial charge in [0.15, 0.2) is 0 Å². The zero-order valence-electron chi connectivity index (χ0n) is 13.7. The Balaban J connectivity index is 1.72. The summed E-state index contributed by atoms with van der Waals surface area (Å²) >= 11 is 0. The molecule has 0 radical (unpaired) electrons. The molecule has 1 amide bonds. The van der Waals surface area contributed by atoms with Crippen LogP contribution in [0.25, 0.3) is 0 Å². The molecule has 1 unspecified atom stereocenters. The standard InChI is InChI=1S/C18H28N2O2/c1-15(13-20(2)14-16-8-4-3-5-9-16)19-17(21)12-18(22)10-6-7-11-18/h3-5,8-9,15,22H,6-7,10-14H2,1-2H3,(H,19,21). The first-order chi connectivity index (χ1) is 10.5. The third kappa shape index (κ3) is 5.43. The van der Waals surface area contributed by atoms with E-state index in [1.54, 1.807) is 0 Å². The molecule has 122 valence electrons. The largest absolute Gasteiger partial charge is 0.389 e. The normalized spacial score (nSPS) is 18.4. The van der Waals surface area contributed by atoms with Crippen LogP contribution in [0.15, 0.2) is 30.3 Å². The van der Waals surface area contributed by atoms with Gasteiger partial charge in [-0.25, -0.2) is 0 Å². The third-order valence-electron chi connectivity index (χ3n) is 4.31. The van der Waals surface area contributed by atoms with Crippen molar-refractivity contribution in [3.63, 3.8) is 0 Å². The summed E-state index contributed by atoms with van der Waals surface area (Å²) in [6.07, 6.45) is 3.80. The summed E-state index contributed by atoms with van der Waals surface area (Å²) in [5, 5.41) is 13.3. The van der Waals surface area contributed by atoms with Gasteiger partial charge in [-0.05, 0) is 32.4 Å². The van der Waals surface area contributed by atoms with Crippen molar-refractivity contribution in [2.45, 2.75) is 57.2 Å². The summed E-state index contributed by atoms with van der Waals surface area (Å²) < 4.78 is 0. The van der Waals surface area contributed by atoms with E-state index in [2.05, 4.69) is 29.4 Å². The van der Waals surface area contributed by atoms with Crippen LogP contribution in [0.1, 0.15) is 44.6 Å². The minimum absolute atomic E-state index is 0.0370. The molecule has 4 heteroatoms. The number of nitrogens with zero attached hydrogens (tertiary/aromatic N) is 1. The Morgan fingerprint density at radius 1 is 1.32 bits per heavy atom. The second-order valence-electron chi connectivity index (χ2n) is 6.76. The maximum atomic E-state index is 12.1. The topological polar surface area (TPSA) is 52.6 Å². The lowest BCUT2D eigenvalue weighted by molar-refractivity contribution is -0.126. The fourth-order valence-electron chi connectivity index (χ4n) is 3.31. The predicted octanol–water partition coefficient (Wildman–Crippen LogP) is 2.32. The van der Waals surface area contributed by atoms with E-state index in [1.807, 2.05) is 25.1 Å². The maximum Gasteiger partial charge on any atom is 0.223 e. The van der Waals surface area contributed by atoms with Crippen LogP contribution in [-0.2, 0) is 11.3 Å². The summed E-state index contributed by atoms with van der Waals surface area (Å²) in [7, 11) is 2.06. The number of hydrogen-bond donors (Lipinski definition) is 2. The molecule has 1 saturated carbocycles. The number of carbonyl (C=O) groups excluding carboxylic acids is 1. The average Bonchev–Trinajstić information content (AvgIpc) is 2.85. The Hall–Kier alpha value is -1.39. The number of nitrogens with one attached hydrogen (secondary N) is 1. The number of rotatable bonds is 7. The van der Waals surface area contributed by atoms with E-state index in [1.165, 1.54) is 5.56 Å². The van der Waals surface area contributed by atoms with Crippen molar-refractivity contribution < 1.29 is 9.90 Å². The zero-order chi connectivity index (χ0) is 16.0. The lowest BCUT2D eigenvalue weighted by atomic mass is 9.97. The van der Waals surface area contributed by atoms with Gasteiger partial charge in [-0.2, -0.15) is 0 Å². The third-order valence-corrected chi connectivity index (χ3v) is 4.31. The summed E-state index contributed by atoms with van der Waals surface area (Å²) in [4.78, 5) is 14.3. The fourth-order valence-corrected chi connectivity index (χ4v) is 3.31. The molecule has 0 bridgehead atoms. The highest BCUT2D eigenvalue weighted by molar-refractivity contribution is 5.77. The van der Waals surface area contributed by atoms with Gasteiger partial charge >= 0.3 is 0 Å². The van der Waals surface area contributed by atoms with E-state index >= 15 is 0 Å². The van der Waals surface area contributed by atoms with Crippen LogP contribution in [0.5, 0.6) is 0 Å². The molecule has 0 spiro atoms. The van der Waals surface area contributed by atoms with Crippen LogP contribution in [0.3, 0.4) is 0 Å². The number of amides is 1. The molecule has 2 N–H and O–H groups in total. The van der Waals surface area contributed by atoms with Crippen molar-refractivity contribution in [2.24, 2.45) is 0 Å². The van der Waals surface area contributed by atoms with E-state index in [0.29, 0.717) is 0 Å². The first-order valence-electron chi connectivity index (χ1n) is 8.21. The molecule has 0 aliphatic heterocycles. The van der Waals surface area contributed by atoms with Gasteiger partial charge in [0.05, 0.1) is 12.0 Å². The summed E-state index contributed by atoms with van der Waals surface area (Å²) in [5.74, 6) is -0.0370. The molecule has 1 aliphatic carbocycles. The number of likely N-dealkylation sites (N-methyl/N-ethyl adjacent to an activating group) is 1. The van der Waals surface area contributed by atoms with Crippen LogP contribution in [-0.4, -0.2) is 41.1 Å². The smallest absolute Gasteiger partial charge is 0.223 e. The van der Waals surface area contributed by atoms with E-state index in [9.17, 15) is 9.90 Å². The zero-order valence-corrected chi connectivity index (χ0v) is 13.7. The minimum atomic E-state index is -0.764. The molecule has 0 aromatic heterocycles. The maximum absolute atomic E-state index is 12.1. The van der Waals surface area contributed by atoms with Crippen LogP contribution >= 0.6 is 0 Å². The van der Waals surface area contributed by atoms with Crippen LogP contribution < -0.4 is 5.32 Å². The molecule has 22 heavy (non-hydrogen) atoms. The van der Waals surface area contributed by atoms with Gasteiger partial charge in [-0.1, -0.05) is 43.2 Å². The van der Waals surface area contributed by atoms with Gasteiger partial charge in [-0.15, -0.1) is 0 Å². The Morgan fingerprint density at radius 3 is 2.59 bits per heavy atom. The van der Waals surface area contributed by atoms with Crippen molar-refractivity contribution in [3.8, 4) is 0 Å². The molecular weight excluding hydrogens is 276 g/mol. The highest BCUT2D eigenvalue weighted by Gasteiger charge is 2.33. The Kier molecular flexibility index (Phi) is 5.98. The van der Waals surface area contributed by atoms with Crippen LogP contribution in [0, 0.1) is 0 Å². The summed E-state index contributed by atoms with van der Waals surface area (Å²) in [6.45, 7) is 3.67. The predicted molar refractivity (Wildman–Crippen MR) is 88.4 cm³/mol. The average molecular weight is 304 g/mol. The molecule has 1 aromatic carbocycles. The molecular formula is C18H28N2O2. The molecule has 1 aromatic rings. The van der Waals surface area contributed by atoms with Gasteiger partial charge in [0.25, 0.3) is 0 Å². The van der Waals surface area contributed by atoms with E-state index in [0.717, 1.165) is 38.8 Å². The number of aliphatic hydroxyl groups is 1. The molecule has 1 fully saturated rings. The van der Waals surface area contributed by atoms with Gasteiger partial charge in [-0.3, -0.25) is 4.79 Å². The first-order valence-corrected chi connectivity index (χ1v) is 8.21. The van der Waals surface area contributed by atoms with Crippen molar-refractivity contribution in [3.05, 3.63) is 35.9 Å². The van der Waals surface area contributed by atoms with Gasteiger partial charge < -0.3 is 15.3 Å². The fraction of sp³-hybridized carbons (Fsp3) is 0.611. The lowest BCUT2D eigenvalue weighted by Gasteiger charge is -2.25. The second kappa shape index (κ2) is 7.75. The quantitative estimate of drug-likeness (QED) is 0.813. The van der Waals surface area contributed by atoms with Crippen molar-refractivity contribution in [1.82, 2.24) is 10.2 Å². The van der Waals surface area contributed by atoms with Crippen LogP contribution in [0.4, 0.5) is 0 Å². The number of carbonyl (C=O) groups is 1. The molecule has 0 saturated heterocycles. The number of benzene rings is 1. The SMILES string of the molecule is CC(CN(C)Cc1ccccc1)NC(=O)CC1(O)CCCC1. The Labute approximate surface area is 133 Å². The lowest BCUT2D eigenvalue weighted by Crippen LogP contribution is -2.43. The van der Waals surface area contributed by atoms with Crippen LogP contribution in [0.2, 0.25) is 0 Å².